The Kier molecular flexibility index (Phi) is 3.67. The number of rotatable bonds is 4. The topological polar surface area (TPSA) is 32.3 Å². The van der Waals surface area contributed by atoms with Crippen LogP contribution in [0.5, 0.6) is 0 Å². The Hall–Kier alpha value is -1.51. The molecule has 0 bridgehead atoms. The van der Waals surface area contributed by atoms with E-state index in [9.17, 15) is 4.79 Å². The van der Waals surface area contributed by atoms with Gasteiger partial charge in [0.1, 0.15) is 0 Å². The average molecular weight is 232 g/mol. The number of amides is 2. The maximum Gasteiger partial charge on any atom is 0.322 e. The Bertz CT molecular complexity index is 403. The molecule has 17 heavy (non-hydrogen) atoms. The first-order valence-electron chi connectivity index (χ1n) is 6.41. The molecule has 0 aliphatic carbocycles. The van der Waals surface area contributed by atoms with Gasteiger partial charge in [-0.1, -0.05) is 38.5 Å². The van der Waals surface area contributed by atoms with E-state index in [1.165, 1.54) is 5.56 Å². The molecule has 1 heterocycles. The van der Waals surface area contributed by atoms with E-state index >= 15 is 0 Å². The van der Waals surface area contributed by atoms with Crippen LogP contribution in [0.1, 0.15) is 38.7 Å². The summed E-state index contributed by atoms with van der Waals surface area (Å²) in [4.78, 5) is 14.0. The number of benzene rings is 1. The molecule has 2 rings (SSSR count). The third-order valence-corrected chi connectivity index (χ3v) is 3.39. The molecule has 1 aliphatic rings. The molecule has 92 valence electrons. The number of urea groups is 1. The van der Waals surface area contributed by atoms with Gasteiger partial charge in [0.05, 0.1) is 0 Å². The van der Waals surface area contributed by atoms with E-state index in [4.69, 9.17) is 0 Å². The number of nitrogens with zero attached hydrogens (tertiary/aromatic N) is 1. The van der Waals surface area contributed by atoms with E-state index in [2.05, 4.69) is 25.2 Å². The van der Waals surface area contributed by atoms with Crippen LogP contribution in [0.25, 0.3) is 0 Å². The molecule has 1 aliphatic heterocycles. The zero-order valence-corrected chi connectivity index (χ0v) is 10.6. The molecule has 1 N–H and O–H groups in total. The van der Waals surface area contributed by atoms with Crippen LogP contribution in [0.4, 0.5) is 10.5 Å². The number of anilines is 1. The average Bonchev–Trinajstić information content (AvgIpc) is 2.35. The van der Waals surface area contributed by atoms with Gasteiger partial charge < -0.3 is 10.2 Å². The molecule has 2 amide bonds. The van der Waals surface area contributed by atoms with E-state index in [0.29, 0.717) is 6.04 Å². The Balaban J connectivity index is 2.19. The molecule has 0 saturated carbocycles. The van der Waals surface area contributed by atoms with E-state index in [0.717, 1.165) is 31.5 Å². The highest BCUT2D eigenvalue weighted by molar-refractivity contribution is 5.92. The molecule has 1 atom stereocenters. The lowest BCUT2D eigenvalue weighted by molar-refractivity contribution is 0.173. The molecular weight excluding hydrogens is 212 g/mol. The molecule has 0 radical (unpaired) electrons. The highest BCUT2D eigenvalue weighted by Gasteiger charge is 2.26. The van der Waals surface area contributed by atoms with Crippen LogP contribution >= 0.6 is 0 Å². The first-order chi connectivity index (χ1) is 8.26. The molecule has 1 unspecified atom stereocenters. The number of hydrogen-bond acceptors (Lipinski definition) is 1. The van der Waals surface area contributed by atoms with Gasteiger partial charge in [0.2, 0.25) is 0 Å². The molecule has 1 aromatic carbocycles. The normalized spacial score (nSPS) is 16.4. The molecule has 3 nitrogen and oxygen atoms in total. The fourth-order valence-electron chi connectivity index (χ4n) is 2.43. The number of para-hydroxylation sites is 1. The van der Waals surface area contributed by atoms with Crippen molar-refractivity contribution in [2.75, 3.05) is 5.32 Å². The van der Waals surface area contributed by atoms with Crippen LogP contribution in [-0.2, 0) is 6.54 Å². The number of fused-ring (bicyclic) bond motifs is 1. The van der Waals surface area contributed by atoms with Crippen molar-refractivity contribution in [1.29, 1.82) is 0 Å². The highest BCUT2D eigenvalue weighted by atomic mass is 16.2. The quantitative estimate of drug-likeness (QED) is 0.845. The predicted octanol–water partition coefficient (Wildman–Crippen LogP) is 3.61. The van der Waals surface area contributed by atoms with Gasteiger partial charge in [0.25, 0.3) is 0 Å². The Labute approximate surface area is 103 Å². The summed E-state index contributed by atoms with van der Waals surface area (Å²) in [6, 6.07) is 8.43. The van der Waals surface area contributed by atoms with Crippen molar-refractivity contribution < 1.29 is 4.79 Å². The van der Waals surface area contributed by atoms with Gasteiger partial charge in [0, 0.05) is 18.3 Å². The highest BCUT2D eigenvalue weighted by Crippen LogP contribution is 2.26. The summed E-state index contributed by atoms with van der Waals surface area (Å²) in [5.74, 6) is 0. The first kappa shape index (κ1) is 12.0. The molecule has 0 aromatic heterocycles. The van der Waals surface area contributed by atoms with Crippen molar-refractivity contribution in [1.82, 2.24) is 4.90 Å². The number of carbonyl (C=O) groups excluding carboxylic acids is 1. The summed E-state index contributed by atoms with van der Waals surface area (Å²) < 4.78 is 0. The van der Waals surface area contributed by atoms with Crippen molar-refractivity contribution in [3.05, 3.63) is 29.8 Å². The second kappa shape index (κ2) is 5.21. The van der Waals surface area contributed by atoms with Gasteiger partial charge in [0.15, 0.2) is 0 Å². The summed E-state index contributed by atoms with van der Waals surface area (Å²) in [6.45, 7) is 5.05. The molecule has 1 aromatic rings. The fourth-order valence-corrected chi connectivity index (χ4v) is 2.43. The van der Waals surface area contributed by atoms with Crippen LogP contribution in [0.3, 0.4) is 0 Å². The largest absolute Gasteiger partial charge is 0.322 e. The van der Waals surface area contributed by atoms with Gasteiger partial charge in [-0.3, -0.25) is 0 Å². The standard InChI is InChI=1S/C14H20N2O/c1-3-7-12(4-2)16-10-11-8-5-6-9-13(11)15-14(16)17/h5-6,8-9,12H,3-4,7,10H2,1-2H3,(H,15,17). The van der Waals surface area contributed by atoms with Crippen LogP contribution in [-0.4, -0.2) is 17.0 Å². The fraction of sp³-hybridized carbons (Fsp3) is 0.500. The Morgan fingerprint density at radius 2 is 2.12 bits per heavy atom. The SMILES string of the molecule is CCCC(CC)N1Cc2ccccc2NC1=O. The minimum atomic E-state index is 0.0454. The van der Waals surface area contributed by atoms with Crippen LogP contribution in [0.2, 0.25) is 0 Å². The monoisotopic (exact) mass is 232 g/mol. The maximum atomic E-state index is 12.0. The second-order valence-corrected chi connectivity index (χ2v) is 4.57. The van der Waals surface area contributed by atoms with Crippen molar-refractivity contribution in [3.63, 3.8) is 0 Å². The number of nitrogens with one attached hydrogen (secondary N) is 1. The van der Waals surface area contributed by atoms with E-state index in [1.807, 2.05) is 23.1 Å². The summed E-state index contributed by atoms with van der Waals surface area (Å²) in [6.07, 6.45) is 3.21. The zero-order valence-electron chi connectivity index (χ0n) is 10.6. The van der Waals surface area contributed by atoms with Crippen molar-refractivity contribution in [3.8, 4) is 0 Å². The molecular formula is C14H20N2O. The minimum Gasteiger partial charge on any atom is -0.317 e. The molecule has 0 fully saturated rings. The predicted molar refractivity (Wildman–Crippen MR) is 70.0 cm³/mol. The number of carbonyl (C=O) groups is 1. The van der Waals surface area contributed by atoms with Crippen LogP contribution < -0.4 is 5.32 Å². The lowest BCUT2D eigenvalue weighted by atomic mass is 10.0. The summed E-state index contributed by atoms with van der Waals surface area (Å²) in [5.41, 5.74) is 2.17. The van der Waals surface area contributed by atoms with Gasteiger partial charge in [-0.15, -0.1) is 0 Å². The van der Waals surface area contributed by atoms with E-state index in [-0.39, 0.29) is 6.03 Å². The summed E-state index contributed by atoms with van der Waals surface area (Å²) >= 11 is 0. The lowest BCUT2D eigenvalue weighted by Crippen LogP contribution is -2.45. The van der Waals surface area contributed by atoms with Crippen molar-refractivity contribution in [2.45, 2.75) is 45.7 Å². The first-order valence-corrected chi connectivity index (χ1v) is 6.41. The van der Waals surface area contributed by atoms with Crippen LogP contribution in [0.15, 0.2) is 24.3 Å². The smallest absolute Gasteiger partial charge is 0.317 e. The summed E-state index contributed by atoms with van der Waals surface area (Å²) in [5, 5.41) is 2.97. The van der Waals surface area contributed by atoms with Crippen molar-refractivity contribution in [2.24, 2.45) is 0 Å². The number of hydrogen-bond donors (Lipinski definition) is 1. The van der Waals surface area contributed by atoms with Gasteiger partial charge in [-0.25, -0.2) is 4.79 Å². The van der Waals surface area contributed by atoms with E-state index in [1.54, 1.807) is 0 Å². The molecule has 0 saturated heterocycles. The minimum absolute atomic E-state index is 0.0454. The van der Waals surface area contributed by atoms with Crippen molar-refractivity contribution >= 4 is 11.7 Å². The Morgan fingerprint density at radius 1 is 1.35 bits per heavy atom. The van der Waals surface area contributed by atoms with E-state index < -0.39 is 0 Å². The molecule has 3 heteroatoms. The third kappa shape index (κ3) is 2.43. The Morgan fingerprint density at radius 3 is 2.82 bits per heavy atom. The third-order valence-electron chi connectivity index (χ3n) is 3.39. The zero-order chi connectivity index (χ0) is 12.3. The lowest BCUT2D eigenvalue weighted by Gasteiger charge is -2.35. The van der Waals surface area contributed by atoms with Gasteiger partial charge in [-0.2, -0.15) is 0 Å². The van der Waals surface area contributed by atoms with Crippen LogP contribution in [0, 0.1) is 0 Å². The van der Waals surface area contributed by atoms with Gasteiger partial charge in [-0.05, 0) is 24.5 Å². The second-order valence-electron chi connectivity index (χ2n) is 4.57. The van der Waals surface area contributed by atoms with Gasteiger partial charge >= 0.3 is 6.03 Å². The maximum absolute atomic E-state index is 12.0. The summed E-state index contributed by atoms with van der Waals surface area (Å²) in [7, 11) is 0. The molecule has 0 spiro atoms.